The van der Waals surface area contributed by atoms with Gasteiger partial charge in [-0.25, -0.2) is 0 Å². The number of methoxy groups -OCH3 is 2. The van der Waals surface area contributed by atoms with Crippen LogP contribution in [0.25, 0.3) is 0 Å². The van der Waals surface area contributed by atoms with Crippen LogP contribution in [0.1, 0.15) is 17.5 Å². The number of carbonyl (C=O) groups is 2. The Morgan fingerprint density at radius 1 is 1.17 bits per heavy atom. The van der Waals surface area contributed by atoms with Gasteiger partial charge in [0.05, 0.1) is 20.1 Å². The lowest BCUT2D eigenvalue weighted by Crippen LogP contribution is -2.30. The number of aryl methyl sites for hydroxylation is 1. The lowest BCUT2D eigenvalue weighted by molar-refractivity contribution is -0.128. The Morgan fingerprint density at radius 2 is 1.93 bits per heavy atom. The molecule has 1 N–H and O–H groups in total. The topological polar surface area (TPSA) is 67.9 Å². The molecule has 2 aromatic rings. The molecule has 2 aromatic carbocycles. The van der Waals surface area contributed by atoms with Crippen molar-refractivity contribution in [2.45, 2.75) is 19.8 Å². The van der Waals surface area contributed by atoms with Crippen molar-refractivity contribution in [2.75, 3.05) is 32.6 Å². The van der Waals surface area contributed by atoms with E-state index < -0.39 is 0 Å². The van der Waals surface area contributed by atoms with E-state index in [9.17, 15) is 9.59 Å². The number of anilines is 1. The summed E-state index contributed by atoms with van der Waals surface area (Å²) < 4.78 is 10.6. The Morgan fingerprint density at radius 3 is 2.66 bits per heavy atom. The molecule has 0 spiro atoms. The summed E-state index contributed by atoms with van der Waals surface area (Å²) in [5.41, 5.74) is 2.65. The Hall–Kier alpha value is -2.73. The van der Waals surface area contributed by atoms with Crippen LogP contribution in [-0.2, 0) is 16.0 Å². The van der Waals surface area contributed by atoms with E-state index in [-0.39, 0.29) is 24.2 Å². The van der Waals surface area contributed by atoms with E-state index in [1.54, 1.807) is 31.3 Å². The third-order valence-electron chi connectivity index (χ3n) is 5.16. The van der Waals surface area contributed by atoms with Gasteiger partial charge in [0.2, 0.25) is 11.8 Å². The monoisotopic (exact) mass is 416 g/mol. The van der Waals surface area contributed by atoms with Crippen LogP contribution in [0.3, 0.4) is 0 Å². The van der Waals surface area contributed by atoms with Gasteiger partial charge >= 0.3 is 0 Å². The van der Waals surface area contributed by atoms with Crippen LogP contribution in [-0.4, -0.2) is 44.0 Å². The van der Waals surface area contributed by atoms with Gasteiger partial charge < -0.3 is 19.7 Å². The number of halogens is 1. The molecule has 0 aliphatic carbocycles. The molecule has 6 nitrogen and oxygen atoms in total. The summed E-state index contributed by atoms with van der Waals surface area (Å²) in [6.07, 6.45) is 0.894. The number of rotatable bonds is 7. The average Bonchev–Trinajstić information content (AvgIpc) is 3.09. The number of carbonyl (C=O) groups excluding carboxylic acids is 2. The molecule has 1 heterocycles. The summed E-state index contributed by atoms with van der Waals surface area (Å²) in [6, 6.07) is 11.1. The molecular formula is C22H25ClN2O4. The SMILES string of the molecule is COc1ccc(CCN2C[C@@H](C(=O)Nc3cc(Cl)ccc3C)CC2=O)cc1OC. The lowest BCUT2D eigenvalue weighted by Gasteiger charge is -2.17. The smallest absolute Gasteiger partial charge is 0.229 e. The molecule has 154 valence electrons. The highest BCUT2D eigenvalue weighted by Crippen LogP contribution is 2.28. The van der Waals surface area contributed by atoms with E-state index in [1.165, 1.54) is 0 Å². The Balaban J connectivity index is 1.58. The molecule has 7 heteroatoms. The van der Waals surface area contributed by atoms with E-state index in [0.29, 0.717) is 41.7 Å². The molecule has 1 fully saturated rings. The molecule has 0 unspecified atom stereocenters. The normalized spacial score (nSPS) is 16.1. The predicted octanol–water partition coefficient (Wildman–Crippen LogP) is 3.70. The highest BCUT2D eigenvalue weighted by molar-refractivity contribution is 6.31. The highest BCUT2D eigenvalue weighted by Gasteiger charge is 2.34. The summed E-state index contributed by atoms with van der Waals surface area (Å²) in [7, 11) is 3.19. The number of nitrogens with one attached hydrogen (secondary N) is 1. The van der Waals surface area contributed by atoms with Crippen LogP contribution in [0.4, 0.5) is 5.69 Å². The number of hydrogen-bond donors (Lipinski definition) is 1. The summed E-state index contributed by atoms with van der Waals surface area (Å²) in [6.45, 7) is 2.87. The van der Waals surface area contributed by atoms with Crippen LogP contribution in [0.5, 0.6) is 11.5 Å². The molecule has 1 saturated heterocycles. The summed E-state index contributed by atoms with van der Waals surface area (Å²) >= 11 is 6.02. The van der Waals surface area contributed by atoms with Gasteiger partial charge in [-0.2, -0.15) is 0 Å². The molecule has 1 atom stereocenters. The minimum atomic E-state index is -0.369. The van der Waals surface area contributed by atoms with Crippen LogP contribution in [0.15, 0.2) is 36.4 Å². The Kier molecular flexibility index (Phi) is 6.64. The van der Waals surface area contributed by atoms with Crippen molar-refractivity contribution >= 4 is 29.1 Å². The number of ether oxygens (including phenoxy) is 2. The second-order valence-corrected chi connectivity index (χ2v) is 7.57. The van der Waals surface area contributed by atoms with Crippen molar-refractivity contribution in [1.82, 2.24) is 4.90 Å². The van der Waals surface area contributed by atoms with Crippen LogP contribution >= 0.6 is 11.6 Å². The van der Waals surface area contributed by atoms with Crippen molar-refractivity contribution in [3.8, 4) is 11.5 Å². The number of hydrogen-bond acceptors (Lipinski definition) is 4. The van der Waals surface area contributed by atoms with Gasteiger partial charge in [-0.3, -0.25) is 9.59 Å². The summed E-state index contributed by atoms with van der Waals surface area (Å²) in [4.78, 5) is 26.8. The van der Waals surface area contributed by atoms with Gasteiger partial charge in [0, 0.05) is 30.2 Å². The van der Waals surface area contributed by atoms with E-state index >= 15 is 0 Å². The quantitative estimate of drug-likeness (QED) is 0.747. The zero-order valence-corrected chi connectivity index (χ0v) is 17.6. The maximum Gasteiger partial charge on any atom is 0.229 e. The molecule has 1 aliphatic rings. The fourth-order valence-corrected chi connectivity index (χ4v) is 3.60. The Bertz CT molecular complexity index is 916. The standard InChI is InChI=1S/C22H25ClN2O4/c1-14-4-6-17(23)12-18(14)24-22(27)16-11-21(26)25(13-16)9-8-15-5-7-19(28-2)20(10-15)29-3/h4-7,10,12,16H,8-9,11,13H2,1-3H3,(H,24,27)/t16-/m0/s1. The van der Waals surface area contributed by atoms with Crippen molar-refractivity contribution in [3.05, 3.63) is 52.5 Å². The van der Waals surface area contributed by atoms with Gasteiger partial charge in [-0.05, 0) is 48.7 Å². The number of likely N-dealkylation sites (tertiary alicyclic amines) is 1. The number of amides is 2. The number of benzene rings is 2. The van der Waals surface area contributed by atoms with Gasteiger partial charge in [0.25, 0.3) is 0 Å². The third kappa shape index (κ3) is 5.01. The van der Waals surface area contributed by atoms with Crippen LogP contribution in [0, 0.1) is 12.8 Å². The van der Waals surface area contributed by atoms with E-state index in [2.05, 4.69) is 5.32 Å². The fourth-order valence-electron chi connectivity index (χ4n) is 3.43. The van der Waals surface area contributed by atoms with Crippen LogP contribution in [0.2, 0.25) is 5.02 Å². The minimum Gasteiger partial charge on any atom is -0.493 e. The molecule has 3 rings (SSSR count). The summed E-state index contributed by atoms with van der Waals surface area (Å²) in [5, 5.41) is 3.46. The molecular weight excluding hydrogens is 392 g/mol. The second-order valence-electron chi connectivity index (χ2n) is 7.13. The first-order valence-electron chi connectivity index (χ1n) is 9.47. The zero-order valence-electron chi connectivity index (χ0n) is 16.8. The maximum absolute atomic E-state index is 12.6. The molecule has 2 amide bonds. The predicted molar refractivity (Wildman–Crippen MR) is 113 cm³/mol. The van der Waals surface area contributed by atoms with Crippen molar-refractivity contribution in [2.24, 2.45) is 5.92 Å². The second kappa shape index (κ2) is 9.18. The lowest BCUT2D eigenvalue weighted by atomic mass is 10.1. The molecule has 0 aromatic heterocycles. The van der Waals surface area contributed by atoms with Crippen molar-refractivity contribution < 1.29 is 19.1 Å². The minimum absolute atomic E-state index is 0.00607. The Labute approximate surface area is 175 Å². The highest BCUT2D eigenvalue weighted by atomic mass is 35.5. The first kappa shape index (κ1) is 21.0. The van der Waals surface area contributed by atoms with Gasteiger partial charge in [0.1, 0.15) is 0 Å². The largest absolute Gasteiger partial charge is 0.493 e. The molecule has 0 radical (unpaired) electrons. The molecule has 1 aliphatic heterocycles. The first-order chi connectivity index (χ1) is 13.9. The third-order valence-corrected chi connectivity index (χ3v) is 5.40. The maximum atomic E-state index is 12.6. The number of nitrogens with zero attached hydrogens (tertiary/aromatic N) is 1. The zero-order chi connectivity index (χ0) is 21.0. The first-order valence-corrected chi connectivity index (χ1v) is 9.84. The van der Waals surface area contributed by atoms with Gasteiger partial charge in [-0.1, -0.05) is 23.7 Å². The van der Waals surface area contributed by atoms with Crippen molar-refractivity contribution in [3.63, 3.8) is 0 Å². The van der Waals surface area contributed by atoms with Crippen molar-refractivity contribution in [1.29, 1.82) is 0 Å². The van der Waals surface area contributed by atoms with Gasteiger partial charge in [0.15, 0.2) is 11.5 Å². The van der Waals surface area contributed by atoms with E-state index in [1.807, 2.05) is 31.2 Å². The van der Waals surface area contributed by atoms with Gasteiger partial charge in [-0.15, -0.1) is 0 Å². The van der Waals surface area contributed by atoms with E-state index in [4.69, 9.17) is 21.1 Å². The summed E-state index contributed by atoms with van der Waals surface area (Å²) in [5.74, 6) is 0.797. The van der Waals surface area contributed by atoms with Crippen LogP contribution < -0.4 is 14.8 Å². The molecule has 0 saturated carbocycles. The fraction of sp³-hybridized carbons (Fsp3) is 0.364. The molecule has 29 heavy (non-hydrogen) atoms. The van der Waals surface area contributed by atoms with E-state index in [0.717, 1.165) is 11.1 Å². The molecule has 0 bridgehead atoms. The average molecular weight is 417 g/mol.